The van der Waals surface area contributed by atoms with E-state index in [1.54, 1.807) is 29.2 Å². The highest BCUT2D eigenvalue weighted by Gasteiger charge is 2.44. The van der Waals surface area contributed by atoms with Crippen LogP contribution in [0.3, 0.4) is 0 Å². The molecule has 2 aromatic carbocycles. The van der Waals surface area contributed by atoms with Gasteiger partial charge in [-0.05, 0) is 30.5 Å². The average Bonchev–Trinajstić information content (AvgIpc) is 3.29. The Morgan fingerprint density at radius 3 is 2.43 bits per heavy atom. The van der Waals surface area contributed by atoms with E-state index >= 15 is 0 Å². The van der Waals surface area contributed by atoms with Crippen molar-refractivity contribution >= 4 is 29.8 Å². The van der Waals surface area contributed by atoms with Gasteiger partial charge in [0.05, 0.1) is 18.4 Å². The number of hydrogen-bond donors (Lipinski definition) is 1. The van der Waals surface area contributed by atoms with E-state index in [4.69, 9.17) is 14.2 Å². The summed E-state index contributed by atoms with van der Waals surface area (Å²) in [6, 6.07) is 14.5. The number of cyclic esters (lactones) is 1. The number of benzene rings is 2. The molecule has 10 heteroatoms. The van der Waals surface area contributed by atoms with Crippen molar-refractivity contribution in [3.8, 4) is 0 Å². The fraction of sp³-hybridized carbons (Fsp3) is 0.360. The molecule has 0 aliphatic carbocycles. The molecule has 0 bridgehead atoms. The molecule has 2 aliphatic rings. The third-order valence-electron chi connectivity index (χ3n) is 6.13. The molecule has 1 atom stereocenters. The number of anilines is 1. The Labute approximate surface area is 202 Å². The Hall–Kier alpha value is -4.08. The summed E-state index contributed by atoms with van der Waals surface area (Å²) in [7, 11) is 1.28. The van der Waals surface area contributed by atoms with Crippen molar-refractivity contribution in [3.63, 3.8) is 0 Å². The SMILES string of the molecule is COC(=O)c1ccccc1NC(=O)N1CCC(N2C(=O)OCC2C(=O)OCc2ccccc2)CC1. The van der Waals surface area contributed by atoms with Gasteiger partial charge in [0.1, 0.15) is 13.2 Å². The Bertz CT molecular complexity index is 1080. The predicted molar refractivity (Wildman–Crippen MR) is 125 cm³/mol. The fourth-order valence-electron chi connectivity index (χ4n) is 4.26. The normalized spacial score (nSPS) is 18.1. The monoisotopic (exact) mass is 481 g/mol. The minimum Gasteiger partial charge on any atom is -0.465 e. The summed E-state index contributed by atoms with van der Waals surface area (Å²) in [5.41, 5.74) is 1.47. The largest absolute Gasteiger partial charge is 0.465 e. The molecule has 184 valence electrons. The van der Waals surface area contributed by atoms with Crippen molar-refractivity contribution in [3.05, 3.63) is 65.7 Å². The number of likely N-dealkylation sites (tertiary alicyclic amines) is 1. The van der Waals surface area contributed by atoms with Gasteiger partial charge in [-0.15, -0.1) is 0 Å². The van der Waals surface area contributed by atoms with E-state index in [1.807, 2.05) is 30.3 Å². The molecule has 0 radical (unpaired) electrons. The van der Waals surface area contributed by atoms with Crippen LogP contribution in [-0.2, 0) is 25.6 Å². The number of hydrogen-bond acceptors (Lipinski definition) is 7. The van der Waals surface area contributed by atoms with Crippen LogP contribution in [0.4, 0.5) is 15.3 Å². The van der Waals surface area contributed by atoms with Crippen molar-refractivity contribution in [1.82, 2.24) is 9.80 Å². The minimum absolute atomic E-state index is 0.0581. The molecule has 2 saturated heterocycles. The highest BCUT2D eigenvalue weighted by atomic mass is 16.6. The molecule has 2 aliphatic heterocycles. The molecule has 0 spiro atoms. The van der Waals surface area contributed by atoms with Crippen molar-refractivity contribution in [2.24, 2.45) is 0 Å². The quantitative estimate of drug-likeness (QED) is 0.498. The van der Waals surface area contributed by atoms with Crippen LogP contribution in [0.5, 0.6) is 0 Å². The summed E-state index contributed by atoms with van der Waals surface area (Å²) in [6.07, 6.45) is 0.398. The number of methoxy groups -OCH3 is 1. The maximum Gasteiger partial charge on any atom is 0.410 e. The smallest absolute Gasteiger partial charge is 0.410 e. The van der Waals surface area contributed by atoms with Crippen molar-refractivity contribution in [2.75, 3.05) is 32.1 Å². The first kappa shape index (κ1) is 24.1. The van der Waals surface area contributed by atoms with E-state index in [-0.39, 0.29) is 30.9 Å². The highest BCUT2D eigenvalue weighted by Crippen LogP contribution is 2.26. The maximum atomic E-state index is 12.8. The lowest BCUT2D eigenvalue weighted by molar-refractivity contribution is -0.150. The fourth-order valence-corrected chi connectivity index (χ4v) is 4.26. The summed E-state index contributed by atoms with van der Waals surface area (Å²) < 4.78 is 15.3. The average molecular weight is 482 g/mol. The predicted octanol–water partition coefficient (Wildman–Crippen LogP) is 3.03. The molecule has 0 aromatic heterocycles. The lowest BCUT2D eigenvalue weighted by atomic mass is 10.0. The number of amides is 3. The number of rotatable bonds is 6. The van der Waals surface area contributed by atoms with Crippen LogP contribution >= 0.6 is 0 Å². The zero-order valence-electron chi connectivity index (χ0n) is 19.3. The van der Waals surface area contributed by atoms with Crippen molar-refractivity contribution in [2.45, 2.75) is 31.5 Å². The molecule has 10 nitrogen and oxygen atoms in total. The van der Waals surface area contributed by atoms with Gasteiger partial charge in [-0.3, -0.25) is 4.90 Å². The first-order chi connectivity index (χ1) is 17.0. The topological polar surface area (TPSA) is 114 Å². The minimum atomic E-state index is -0.816. The maximum absolute atomic E-state index is 12.8. The first-order valence-electron chi connectivity index (χ1n) is 11.4. The lowest BCUT2D eigenvalue weighted by Crippen LogP contribution is -2.52. The van der Waals surface area contributed by atoms with Crippen LogP contribution in [-0.4, -0.2) is 72.8 Å². The molecule has 2 aromatic rings. The number of urea groups is 1. The Balaban J connectivity index is 1.33. The summed E-state index contributed by atoms with van der Waals surface area (Å²) in [5.74, 6) is -1.06. The van der Waals surface area contributed by atoms with Crippen LogP contribution in [0.15, 0.2) is 54.6 Å². The van der Waals surface area contributed by atoms with E-state index in [1.165, 1.54) is 12.0 Å². The summed E-state index contributed by atoms with van der Waals surface area (Å²) in [6.45, 7) is 0.792. The molecule has 2 fully saturated rings. The van der Waals surface area contributed by atoms with E-state index in [9.17, 15) is 19.2 Å². The third-order valence-corrected chi connectivity index (χ3v) is 6.13. The van der Waals surface area contributed by atoms with Gasteiger partial charge in [0, 0.05) is 19.1 Å². The number of carbonyl (C=O) groups excluding carboxylic acids is 4. The van der Waals surface area contributed by atoms with Crippen LogP contribution in [0.25, 0.3) is 0 Å². The van der Waals surface area contributed by atoms with Crippen LogP contribution in [0.1, 0.15) is 28.8 Å². The van der Waals surface area contributed by atoms with E-state index in [0.29, 0.717) is 31.6 Å². The number of esters is 2. The Kier molecular flexibility index (Phi) is 7.49. The van der Waals surface area contributed by atoms with E-state index in [2.05, 4.69) is 5.32 Å². The summed E-state index contributed by atoms with van der Waals surface area (Å²) in [5, 5.41) is 2.75. The highest BCUT2D eigenvalue weighted by molar-refractivity contribution is 6.00. The van der Waals surface area contributed by atoms with Crippen LogP contribution < -0.4 is 5.32 Å². The second kappa shape index (κ2) is 10.9. The molecule has 0 saturated carbocycles. The second-order valence-electron chi connectivity index (χ2n) is 8.28. The van der Waals surface area contributed by atoms with E-state index < -0.39 is 24.1 Å². The number of piperidine rings is 1. The zero-order valence-corrected chi connectivity index (χ0v) is 19.3. The van der Waals surface area contributed by atoms with Gasteiger partial charge in [-0.25, -0.2) is 19.2 Å². The van der Waals surface area contributed by atoms with Gasteiger partial charge in [-0.1, -0.05) is 42.5 Å². The summed E-state index contributed by atoms with van der Waals surface area (Å²) >= 11 is 0. The van der Waals surface area contributed by atoms with Gasteiger partial charge >= 0.3 is 24.1 Å². The number of nitrogens with one attached hydrogen (secondary N) is 1. The lowest BCUT2D eigenvalue weighted by Gasteiger charge is -2.37. The molecule has 1 unspecified atom stereocenters. The van der Waals surface area contributed by atoms with Gasteiger partial charge in [0.2, 0.25) is 0 Å². The Morgan fingerprint density at radius 1 is 1.03 bits per heavy atom. The van der Waals surface area contributed by atoms with Crippen LogP contribution in [0, 0.1) is 0 Å². The number of carbonyl (C=O) groups is 4. The van der Waals surface area contributed by atoms with Crippen molar-refractivity contribution in [1.29, 1.82) is 0 Å². The standard InChI is InChI=1S/C25H27N3O7/c1-33-22(29)19-9-5-6-10-20(19)26-24(31)27-13-11-18(12-14-27)28-21(16-35-25(28)32)23(30)34-15-17-7-3-2-4-8-17/h2-10,18,21H,11-16H2,1H3,(H,26,31). The molecule has 1 N–H and O–H groups in total. The molecular weight excluding hydrogens is 454 g/mol. The van der Waals surface area contributed by atoms with Crippen LogP contribution in [0.2, 0.25) is 0 Å². The first-order valence-corrected chi connectivity index (χ1v) is 11.4. The van der Waals surface area contributed by atoms with Gasteiger partial charge in [-0.2, -0.15) is 0 Å². The van der Waals surface area contributed by atoms with Gasteiger partial charge in [0.25, 0.3) is 0 Å². The van der Waals surface area contributed by atoms with Gasteiger partial charge in [0.15, 0.2) is 6.04 Å². The molecule has 3 amide bonds. The Morgan fingerprint density at radius 2 is 1.71 bits per heavy atom. The van der Waals surface area contributed by atoms with Gasteiger partial charge < -0.3 is 24.4 Å². The number of para-hydroxylation sites is 1. The second-order valence-corrected chi connectivity index (χ2v) is 8.28. The third kappa shape index (κ3) is 5.53. The van der Waals surface area contributed by atoms with Crippen molar-refractivity contribution < 1.29 is 33.4 Å². The molecule has 35 heavy (non-hydrogen) atoms. The zero-order chi connectivity index (χ0) is 24.8. The number of ether oxygens (including phenoxy) is 3. The van der Waals surface area contributed by atoms with E-state index in [0.717, 1.165) is 5.56 Å². The number of nitrogens with zero attached hydrogens (tertiary/aromatic N) is 2. The molecule has 2 heterocycles. The molecule has 4 rings (SSSR count). The molecular formula is C25H27N3O7. The summed E-state index contributed by atoms with van der Waals surface area (Å²) in [4.78, 5) is 52.9.